The molecule has 0 spiro atoms. The van der Waals surface area contributed by atoms with E-state index < -0.39 is 5.97 Å². The van der Waals surface area contributed by atoms with E-state index in [2.05, 4.69) is 11.2 Å². The molecule has 0 unspecified atom stereocenters. The molecule has 0 heterocycles. The van der Waals surface area contributed by atoms with Crippen LogP contribution in [0.5, 0.6) is 0 Å². The lowest BCUT2D eigenvalue weighted by Crippen LogP contribution is -2.39. The minimum atomic E-state index is -0.905. The highest BCUT2D eigenvalue weighted by Gasteiger charge is 2.11. The van der Waals surface area contributed by atoms with E-state index in [0.29, 0.717) is 13.1 Å². The summed E-state index contributed by atoms with van der Waals surface area (Å²) in [6, 6.07) is 0. The van der Waals surface area contributed by atoms with Crippen molar-refractivity contribution in [2.24, 2.45) is 0 Å². The van der Waals surface area contributed by atoms with E-state index in [1.54, 1.807) is 6.92 Å². The molecule has 0 aliphatic heterocycles. The van der Waals surface area contributed by atoms with Gasteiger partial charge in [-0.2, -0.15) is 0 Å². The van der Waals surface area contributed by atoms with Crippen molar-refractivity contribution in [2.75, 3.05) is 26.2 Å². The highest BCUT2D eigenvalue weighted by molar-refractivity contribution is 5.78. The number of carbonyl (C=O) groups is 2. The summed E-state index contributed by atoms with van der Waals surface area (Å²) >= 11 is 0. The van der Waals surface area contributed by atoms with Crippen LogP contribution in [0.25, 0.3) is 0 Å². The van der Waals surface area contributed by atoms with E-state index >= 15 is 0 Å². The number of amides is 1. The van der Waals surface area contributed by atoms with Crippen LogP contribution in [0.15, 0.2) is 0 Å². The van der Waals surface area contributed by atoms with Crippen LogP contribution in [0.2, 0.25) is 0 Å². The topological polar surface area (TPSA) is 69.6 Å². The highest BCUT2D eigenvalue weighted by atomic mass is 16.4. The first-order chi connectivity index (χ1) is 7.11. The molecular weight excluding hydrogens is 196 g/mol. The number of terminal acetylenes is 1. The summed E-state index contributed by atoms with van der Waals surface area (Å²) in [5, 5.41) is 11.2. The van der Waals surface area contributed by atoms with Crippen molar-refractivity contribution >= 4 is 11.9 Å². The fourth-order valence-corrected chi connectivity index (χ4v) is 1.04. The molecule has 5 heteroatoms. The van der Waals surface area contributed by atoms with Gasteiger partial charge in [0.1, 0.15) is 0 Å². The van der Waals surface area contributed by atoms with Gasteiger partial charge in [0.2, 0.25) is 5.91 Å². The van der Waals surface area contributed by atoms with Gasteiger partial charge in [0.25, 0.3) is 0 Å². The first-order valence-electron chi connectivity index (χ1n) is 4.75. The minimum absolute atomic E-state index is 0.0330. The molecule has 2 N–H and O–H groups in total. The van der Waals surface area contributed by atoms with Crippen molar-refractivity contribution in [2.45, 2.75) is 13.3 Å². The molecule has 15 heavy (non-hydrogen) atoms. The first kappa shape index (κ1) is 13.5. The Morgan fingerprint density at radius 3 is 2.67 bits per heavy atom. The Kier molecular flexibility index (Phi) is 7.02. The lowest BCUT2D eigenvalue weighted by atomic mass is 10.3. The zero-order chi connectivity index (χ0) is 11.7. The monoisotopic (exact) mass is 212 g/mol. The maximum Gasteiger partial charge on any atom is 0.305 e. The third-order valence-electron chi connectivity index (χ3n) is 1.83. The third-order valence-corrected chi connectivity index (χ3v) is 1.83. The summed E-state index contributed by atoms with van der Waals surface area (Å²) in [5.41, 5.74) is 0. The zero-order valence-electron chi connectivity index (χ0n) is 8.82. The molecule has 84 valence electrons. The van der Waals surface area contributed by atoms with Crippen LogP contribution in [-0.4, -0.2) is 48.1 Å². The van der Waals surface area contributed by atoms with Gasteiger partial charge >= 0.3 is 5.97 Å². The zero-order valence-corrected chi connectivity index (χ0v) is 8.82. The van der Waals surface area contributed by atoms with Gasteiger partial charge in [0, 0.05) is 13.1 Å². The van der Waals surface area contributed by atoms with Gasteiger partial charge in [-0.1, -0.05) is 5.92 Å². The van der Waals surface area contributed by atoms with Crippen LogP contribution in [0.3, 0.4) is 0 Å². The Bertz CT molecular complexity index is 258. The molecule has 0 rings (SSSR count). The number of carbonyl (C=O) groups excluding carboxylic acids is 1. The van der Waals surface area contributed by atoms with Crippen molar-refractivity contribution in [3.63, 3.8) is 0 Å². The van der Waals surface area contributed by atoms with Crippen molar-refractivity contribution in [1.82, 2.24) is 10.2 Å². The van der Waals surface area contributed by atoms with E-state index in [9.17, 15) is 9.59 Å². The molecule has 0 atom stereocenters. The van der Waals surface area contributed by atoms with Gasteiger partial charge in [0.15, 0.2) is 0 Å². The third kappa shape index (κ3) is 6.52. The number of hydrogen-bond donors (Lipinski definition) is 2. The quantitative estimate of drug-likeness (QED) is 0.442. The van der Waals surface area contributed by atoms with Crippen molar-refractivity contribution in [3.05, 3.63) is 0 Å². The van der Waals surface area contributed by atoms with Crippen molar-refractivity contribution < 1.29 is 14.7 Å². The minimum Gasteiger partial charge on any atom is -0.481 e. The number of aliphatic carboxylic acids is 1. The number of hydrogen-bond acceptors (Lipinski definition) is 3. The standard InChI is InChI=1S/C10H16N2O3/c1-3-6-11-8-9(13)12(4-2)7-5-10(14)15/h1,11H,4-8H2,2H3,(H,14,15). The summed E-state index contributed by atoms with van der Waals surface area (Å²) in [6.07, 6.45) is 4.97. The van der Waals surface area contributed by atoms with Crippen LogP contribution in [-0.2, 0) is 9.59 Å². The number of rotatable bonds is 7. The predicted octanol–water partition coefficient (Wildman–Crippen LogP) is -0.468. The lowest BCUT2D eigenvalue weighted by molar-refractivity contribution is -0.138. The summed E-state index contributed by atoms with van der Waals surface area (Å²) < 4.78 is 0. The molecule has 0 aromatic heterocycles. The van der Waals surface area contributed by atoms with Crippen molar-refractivity contribution in [1.29, 1.82) is 0 Å². The summed E-state index contributed by atoms with van der Waals surface area (Å²) in [4.78, 5) is 23.3. The predicted molar refractivity (Wildman–Crippen MR) is 56.2 cm³/mol. The smallest absolute Gasteiger partial charge is 0.305 e. The SMILES string of the molecule is C#CCNCC(=O)N(CC)CCC(=O)O. The Labute approximate surface area is 89.4 Å². The molecule has 0 bridgehead atoms. The highest BCUT2D eigenvalue weighted by Crippen LogP contribution is 1.92. The number of nitrogens with one attached hydrogen (secondary N) is 1. The summed E-state index contributed by atoms with van der Waals surface area (Å²) in [7, 11) is 0. The molecule has 0 aliphatic carbocycles. The summed E-state index contributed by atoms with van der Waals surface area (Å²) in [5.74, 6) is 1.32. The number of nitrogens with zero attached hydrogens (tertiary/aromatic N) is 1. The van der Waals surface area contributed by atoms with Gasteiger partial charge in [-0.25, -0.2) is 0 Å². The van der Waals surface area contributed by atoms with E-state index in [4.69, 9.17) is 11.5 Å². The van der Waals surface area contributed by atoms with E-state index in [1.165, 1.54) is 4.90 Å². The van der Waals surface area contributed by atoms with Crippen LogP contribution in [0, 0.1) is 12.3 Å². The Balaban J connectivity index is 3.89. The van der Waals surface area contributed by atoms with E-state index in [0.717, 1.165) is 0 Å². The normalized spacial score (nSPS) is 9.33. The van der Waals surface area contributed by atoms with Gasteiger partial charge in [0.05, 0.1) is 19.5 Å². The molecule has 0 saturated carbocycles. The molecule has 0 fully saturated rings. The summed E-state index contributed by atoms with van der Waals surface area (Å²) in [6.45, 7) is 3.03. The Morgan fingerprint density at radius 1 is 1.53 bits per heavy atom. The molecule has 0 radical (unpaired) electrons. The number of carboxylic acid groups (broad SMARTS) is 1. The van der Waals surface area contributed by atoms with Crippen LogP contribution in [0.1, 0.15) is 13.3 Å². The van der Waals surface area contributed by atoms with Crippen LogP contribution >= 0.6 is 0 Å². The maximum absolute atomic E-state index is 11.5. The van der Waals surface area contributed by atoms with Gasteiger partial charge in [-0.15, -0.1) is 6.42 Å². The number of likely N-dealkylation sites (N-methyl/N-ethyl adjacent to an activating group) is 1. The van der Waals surface area contributed by atoms with E-state index in [-0.39, 0.29) is 25.4 Å². The molecule has 1 amide bonds. The van der Waals surface area contributed by atoms with E-state index in [1.807, 2.05) is 0 Å². The fourth-order valence-electron chi connectivity index (χ4n) is 1.04. The van der Waals surface area contributed by atoms with Gasteiger partial charge < -0.3 is 10.0 Å². The fraction of sp³-hybridized carbons (Fsp3) is 0.600. The van der Waals surface area contributed by atoms with Crippen molar-refractivity contribution in [3.8, 4) is 12.3 Å². The molecule has 0 aromatic carbocycles. The Hall–Kier alpha value is -1.54. The molecule has 5 nitrogen and oxygen atoms in total. The van der Waals surface area contributed by atoms with Gasteiger partial charge in [-0.3, -0.25) is 14.9 Å². The number of carboxylic acids is 1. The molecular formula is C10H16N2O3. The molecule has 0 saturated heterocycles. The van der Waals surface area contributed by atoms with Crippen LogP contribution in [0.4, 0.5) is 0 Å². The van der Waals surface area contributed by atoms with Crippen LogP contribution < -0.4 is 5.32 Å². The second-order valence-corrected chi connectivity index (χ2v) is 2.92. The second kappa shape index (κ2) is 7.83. The Morgan fingerprint density at radius 2 is 2.20 bits per heavy atom. The maximum atomic E-state index is 11.5. The first-order valence-corrected chi connectivity index (χ1v) is 4.75. The second-order valence-electron chi connectivity index (χ2n) is 2.92. The average molecular weight is 212 g/mol. The largest absolute Gasteiger partial charge is 0.481 e. The molecule has 0 aliphatic rings. The molecule has 0 aromatic rings. The van der Waals surface area contributed by atoms with Gasteiger partial charge in [-0.05, 0) is 6.92 Å². The lowest BCUT2D eigenvalue weighted by Gasteiger charge is -2.19. The average Bonchev–Trinajstić information content (AvgIpc) is 2.18.